The van der Waals surface area contributed by atoms with Crippen LogP contribution in [0.3, 0.4) is 0 Å². The molecule has 1 fully saturated rings. The smallest absolute Gasteiger partial charge is 0.410 e. The number of amides is 2. The number of methoxy groups -OCH3 is 1. The Kier molecular flexibility index (Phi) is 6.41. The van der Waals surface area contributed by atoms with Crippen molar-refractivity contribution >= 4 is 18.0 Å². The number of carboxylic acid groups (broad SMARTS) is 1. The van der Waals surface area contributed by atoms with Crippen LogP contribution < -0.4 is 5.32 Å². The van der Waals surface area contributed by atoms with Gasteiger partial charge in [0.05, 0.1) is 6.61 Å². The van der Waals surface area contributed by atoms with Gasteiger partial charge in [0.1, 0.15) is 12.6 Å². The maximum Gasteiger partial charge on any atom is 0.410 e. The van der Waals surface area contributed by atoms with Crippen LogP contribution in [0.2, 0.25) is 0 Å². The van der Waals surface area contributed by atoms with Crippen LogP contribution >= 0.6 is 0 Å². The van der Waals surface area contributed by atoms with E-state index in [1.807, 2.05) is 48.5 Å². The maximum absolute atomic E-state index is 12.9. The van der Waals surface area contributed by atoms with Crippen LogP contribution in [-0.4, -0.2) is 66.9 Å². The fourth-order valence-corrected chi connectivity index (χ4v) is 4.55. The molecule has 1 heterocycles. The first-order valence-corrected chi connectivity index (χ1v) is 10.6. The third-order valence-corrected chi connectivity index (χ3v) is 6.06. The number of hydrogen-bond donors (Lipinski definition) is 2. The van der Waals surface area contributed by atoms with Crippen LogP contribution in [0.15, 0.2) is 48.5 Å². The van der Waals surface area contributed by atoms with Crippen LogP contribution in [0.5, 0.6) is 0 Å². The number of likely N-dealkylation sites (tertiary alicyclic amines) is 1. The Morgan fingerprint density at radius 3 is 2.28 bits per heavy atom. The summed E-state index contributed by atoms with van der Waals surface area (Å²) in [4.78, 5) is 37.7. The molecule has 0 saturated carbocycles. The normalized spacial score (nSPS) is 19.3. The van der Waals surface area contributed by atoms with Crippen molar-refractivity contribution < 1.29 is 29.0 Å². The second-order valence-corrected chi connectivity index (χ2v) is 8.05. The summed E-state index contributed by atoms with van der Waals surface area (Å²) in [5.74, 6) is -1.47. The van der Waals surface area contributed by atoms with E-state index >= 15 is 0 Å². The summed E-state index contributed by atoms with van der Waals surface area (Å²) in [7, 11) is 1.50. The molecule has 2 amide bonds. The van der Waals surface area contributed by atoms with Crippen molar-refractivity contribution in [3.8, 4) is 11.1 Å². The average Bonchev–Trinajstić information content (AvgIpc) is 3.36. The molecule has 0 radical (unpaired) electrons. The summed E-state index contributed by atoms with van der Waals surface area (Å²) in [6.07, 6.45) is -0.374. The van der Waals surface area contributed by atoms with E-state index in [-0.39, 0.29) is 44.4 Å². The first-order chi connectivity index (χ1) is 15.5. The molecule has 2 atom stereocenters. The Morgan fingerprint density at radius 1 is 1.06 bits per heavy atom. The maximum atomic E-state index is 12.9. The highest BCUT2D eigenvalue weighted by atomic mass is 16.6. The second kappa shape index (κ2) is 9.40. The van der Waals surface area contributed by atoms with Crippen LogP contribution in [0.4, 0.5) is 4.79 Å². The van der Waals surface area contributed by atoms with E-state index in [1.54, 1.807) is 0 Å². The van der Waals surface area contributed by atoms with Crippen LogP contribution in [-0.2, 0) is 19.1 Å². The highest BCUT2D eigenvalue weighted by Crippen LogP contribution is 2.44. The largest absolute Gasteiger partial charge is 0.480 e. The fourth-order valence-electron chi connectivity index (χ4n) is 4.55. The molecular weight excluding hydrogens is 412 g/mol. The first kappa shape index (κ1) is 21.8. The molecule has 4 rings (SSSR count). The third-order valence-electron chi connectivity index (χ3n) is 6.06. The van der Waals surface area contributed by atoms with Gasteiger partial charge in [-0.25, -0.2) is 9.59 Å². The molecule has 168 valence electrons. The van der Waals surface area contributed by atoms with E-state index in [0.717, 1.165) is 22.3 Å². The number of hydrogen-bond acceptors (Lipinski definition) is 5. The standard InChI is InChI=1S/C24H26N2O6/c1-31-11-10-22(27)25-15-12-21(23(28)29)26(13-15)24(30)32-14-20-18-8-4-2-6-16(18)17-7-3-5-9-19(17)20/h2-9,15,20-21H,10-14H2,1H3,(H,25,27)(H,28,29)/t15-,21+/m0/s1. The SMILES string of the molecule is COCCC(=O)N[C@H]1C[C@H](C(=O)O)N(C(=O)OCC2c3ccccc3-c3ccccc32)C1. The lowest BCUT2D eigenvalue weighted by molar-refractivity contribution is -0.141. The van der Waals surface area contributed by atoms with Crippen molar-refractivity contribution in [3.05, 3.63) is 59.7 Å². The molecule has 1 saturated heterocycles. The molecule has 2 aromatic carbocycles. The zero-order chi connectivity index (χ0) is 22.7. The van der Waals surface area contributed by atoms with E-state index in [2.05, 4.69) is 5.32 Å². The van der Waals surface area contributed by atoms with E-state index < -0.39 is 24.1 Å². The van der Waals surface area contributed by atoms with Crippen LogP contribution in [0, 0.1) is 0 Å². The molecule has 0 bridgehead atoms. The minimum Gasteiger partial charge on any atom is -0.480 e. The first-order valence-electron chi connectivity index (χ1n) is 10.6. The Hall–Kier alpha value is -3.39. The van der Waals surface area contributed by atoms with Gasteiger partial charge in [0, 0.05) is 38.5 Å². The predicted molar refractivity (Wildman–Crippen MR) is 116 cm³/mol. The number of nitrogens with zero attached hydrogens (tertiary/aromatic N) is 1. The number of benzene rings is 2. The number of carbonyl (C=O) groups is 3. The predicted octanol–water partition coefficient (Wildman–Crippen LogP) is 2.62. The highest BCUT2D eigenvalue weighted by molar-refractivity contribution is 5.82. The minimum absolute atomic E-state index is 0.0896. The monoisotopic (exact) mass is 438 g/mol. The van der Waals surface area contributed by atoms with Gasteiger partial charge in [-0.3, -0.25) is 9.69 Å². The summed E-state index contributed by atoms with van der Waals surface area (Å²) in [5.41, 5.74) is 4.40. The van der Waals surface area contributed by atoms with Gasteiger partial charge in [-0.1, -0.05) is 48.5 Å². The molecule has 8 nitrogen and oxygen atoms in total. The number of ether oxygens (including phenoxy) is 2. The quantitative estimate of drug-likeness (QED) is 0.689. The van der Waals surface area contributed by atoms with Gasteiger partial charge in [0.15, 0.2) is 0 Å². The van der Waals surface area contributed by atoms with Crippen molar-refractivity contribution in [2.24, 2.45) is 0 Å². The summed E-state index contributed by atoms with van der Waals surface area (Å²) in [6, 6.07) is 14.5. The molecule has 0 spiro atoms. The Bertz CT molecular complexity index is 978. The lowest BCUT2D eigenvalue weighted by atomic mass is 9.98. The zero-order valence-electron chi connectivity index (χ0n) is 17.8. The number of fused-ring (bicyclic) bond motifs is 3. The molecule has 2 aromatic rings. The molecule has 2 N–H and O–H groups in total. The van der Waals surface area contributed by atoms with Gasteiger partial charge in [-0.15, -0.1) is 0 Å². The van der Waals surface area contributed by atoms with Crippen molar-refractivity contribution in [1.82, 2.24) is 10.2 Å². The van der Waals surface area contributed by atoms with Crippen LogP contribution in [0.1, 0.15) is 29.9 Å². The summed E-state index contributed by atoms with van der Waals surface area (Å²) >= 11 is 0. The van der Waals surface area contributed by atoms with Gasteiger partial charge >= 0.3 is 12.1 Å². The molecule has 1 aliphatic carbocycles. The van der Waals surface area contributed by atoms with Gasteiger partial charge in [-0.05, 0) is 22.3 Å². The third kappa shape index (κ3) is 4.31. The average molecular weight is 438 g/mol. The van der Waals surface area contributed by atoms with Gasteiger partial charge in [0.25, 0.3) is 0 Å². The molecule has 32 heavy (non-hydrogen) atoms. The number of rotatable bonds is 7. The van der Waals surface area contributed by atoms with Crippen LogP contribution in [0.25, 0.3) is 11.1 Å². The molecule has 8 heteroatoms. The number of aliphatic carboxylic acids is 1. The molecule has 0 aromatic heterocycles. The summed E-state index contributed by atoms with van der Waals surface area (Å²) in [6.45, 7) is 0.476. The van der Waals surface area contributed by atoms with Crippen molar-refractivity contribution in [2.45, 2.75) is 30.8 Å². The van der Waals surface area contributed by atoms with Gasteiger partial charge < -0.3 is 19.9 Å². The van der Waals surface area contributed by atoms with Crippen molar-refractivity contribution in [1.29, 1.82) is 0 Å². The molecular formula is C24H26N2O6. The Labute approximate surface area is 186 Å². The Morgan fingerprint density at radius 2 is 1.69 bits per heavy atom. The highest BCUT2D eigenvalue weighted by Gasteiger charge is 2.41. The van der Waals surface area contributed by atoms with E-state index in [9.17, 15) is 19.5 Å². The van der Waals surface area contributed by atoms with Crippen molar-refractivity contribution in [3.63, 3.8) is 0 Å². The second-order valence-electron chi connectivity index (χ2n) is 8.05. The number of carboxylic acids is 1. The molecule has 2 aliphatic rings. The molecule has 1 aliphatic heterocycles. The lowest BCUT2D eigenvalue weighted by Crippen LogP contribution is -2.42. The van der Waals surface area contributed by atoms with E-state index in [4.69, 9.17) is 9.47 Å². The van der Waals surface area contributed by atoms with Gasteiger partial charge in [-0.2, -0.15) is 0 Å². The van der Waals surface area contributed by atoms with Gasteiger partial charge in [0.2, 0.25) is 5.91 Å². The van der Waals surface area contributed by atoms with E-state index in [1.165, 1.54) is 12.0 Å². The Balaban J connectivity index is 1.43. The fraction of sp³-hybridized carbons (Fsp3) is 0.375. The molecule has 0 unspecified atom stereocenters. The lowest BCUT2D eigenvalue weighted by Gasteiger charge is -2.22. The summed E-state index contributed by atoms with van der Waals surface area (Å²) in [5, 5.41) is 12.4. The van der Waals surface area contributed by atoms with E-state index in [0.29, 0.717) is 0 Å². The summed E-state index contributed by atoms with van der Waals surface area (Å²) < 4.78 is 10.5. The number of nitrogens with one attached hydrogen (secondary N) is 1. The van der Waals surface area contributed by atoms with Crippen molar-refractivity contribution in [2.75, 3.05) is 26.9 Å². The topological polar surface area (TPSA) is 105 Å². The zero-order valence-corrected chi connectivity index (χ0v) is 17.8. The number of carbonyl (C=O) groups excluding carboxylic acids is 2. The minimum atomic E-state index is -1.12.